The average molecular weight is 583 g/mol. The van der Waals surface area contributed by atoms with Crippen molar-refractivity contribution in [2.75, 3.05) is 20.8 Å². The number of aliphatic hydroxyl groups is 4. The number of rotatable bonds is 6. The topological polar surface area (TPSA) is 188 Å². The molecule has 0 amide bonds. The number of cyclic esters (lactones) is 2. The molecule has 0 aromatic carbocycles. The Morgan fingerprint density at radius 1 is 1.10 bits per heavy atom. The third-order valence-electron chi connectivity index (χ3n) is 9.89. The molecule has 3 aliphatic heterocycles. The number of carbonyl (C=O) groups excluding carboxylic acids is 3. The van der Waals surface area contributed by atoms with E-state index in [0.29, 0.717) is 18.4 Å². The van der Waals surface area contributed by atoms with Crippen LogP contribution in [0.3, 0.4) is 0 Å². The second-order valence-corrected chi connectivity index (χ2v) is 11.9. The predicted octanol–water partition coefficient (Wildman–Crippen LogP) is -0.515. The lowest BCUT2D eigenvalue weighted by atomic mass is 9.44. The Balaban J connectivity index is 1.53. The van der Waals surface area contributed by atoms with Crippen molar-refractivity contribution in [2.24, 2.45) is 22.7 Å². The fourth-order valence-electron chi connectivity index (χ4n) is 7.70. The number of methoxy groups -OCH3 is 2. The molecule has 1 saturated carbocycles. The molecule has 4 N–H and O–H groups in total. The van der Waals surface area contributed by atoms with Crippen molar-refractivity contribution in [3.63, 3.8) is 0 Å². The number of fused-ring (bicyclic) bond motifs is 3. The van der Waals surface area contributed by atoms with Crippen LogP contribution in [0.2, 0.25) is 0 Å². The number of aliphatic hydroxyl groups excluding tert-OH is 4. The Morgan fingerprint density at radius 2 is 1.83 bits per heavy atom. The zero-order valence-corrected chi connectivity index (χ0v) is 23.4. The summed E-state index contributed by atoms with van der Waals surface area (Å²) in [6.07, 6.45) is -5.54. The van der Waals surface area contributed by atoms with Crippen molar-refractivity contribution >= 4 is 17.9 Å². The fourth-order valence-corrected chi connectivity index (χ4v) is 7.70. The molecule has 228 valence electrons. The Kier molecular flexibility index (Phi) is 8.09. The molecule has 0 spiro atoms. The van der Waals surface area contributed by atoms with E-state index in [1.54, 1.807) is 6.08 Å². The molecule has 3 fully saturated rings. The van der Waals surface area contributed by atoms with E-state index in [1.807, 2.05) is 13.8 Å². The van der Waals surface area contributed by atoms with E-state index in [0.717, 1.165) is 0 Å². The SMILES string of the molecule is COC(=O)C1=CCC[C@H]2[C@]3(C)C[C@@H](C4=CC(OC)OC4=O)OC(=O)[C@@H]3C[C@@H](O[C@@H]3O[C@H](CO)[C@@H](O)[C@H](O)[C@H]3O)[C@@]12C. The van der Waals surface area contributed by atoms with Crippen molar-refractivity contribution in [2.45, 2.75) is 88.7 Å². The number of esters is 3. The van der Waals surface area contributed by atoms with Crippen LogP contribution in [-0.2, 0) is 42.8 Å². The summed E-state index contributed by atoms with van der Waals surface area (Å²) in [5, 5.41) is 40.9. The van der Waals surface area contributed by atoms with Gasteiger partial charge in [0.25, 0.3) is 0 Å². The summed E-state index contributed by atoms with van der Waals surface area (Å²) in [4.78, 5) is 39.4. The summed E-state index contributed by atoms with van der Waals surface area (Å²) in [6.45, 7) is 3.15. The minimum absolute atomic E-state index is 0.0581. The van der Waals surface area contributed by atoms with Gasteiger partial charge in [-0.05, 0) is 43.1 Å². The van der Waals surface area contributed by atoms with Gasteiger partial charge in [0.05, 0.1) is 31.3 Å². The molecule has 12 atom stereocenters. The van der Waals surface area contributed by atoms with E-state index in [4.69, 9.17) is 28.4 Å². The van der Waals surface area contributed by atoms with Gasteiger partial charge in [-0.1, -0.05) is 19.9 Å². The van der Waals surface area contributed by atoms with Gasteiger partial charge in [-0.15, -0.1) is 0 Å². The van der Waals surface area contributed by atoms with Crippen LogP contribution in [0.5, 0.6) is 0 Å². The van der Waals surface area contributed by atoms with Crippen molar-refractivity contribution in [3.8, 4) is 0 Å². The maximum absolute atomic E-state index is 13.6. The van der Waals surface area contributed by atoms with Gasteiger partial charge in [0.15, 0.2) is 6.29 Å². The quantitative estimate of drug-likeness (QED) is 0.232. The summed E-state index contributed by atoms with van der Waals surface area (Å²) < 4.78 is 33.2. The zero-order valence-electron chi connectivity index (χ0n) is 23.4. The summed E-state index contributed by atoms with van der Waals surface area (Å²) >= 11 is 0. The molecule has 13 heteroatoms. The predicted molar refractivity (Wildman–Crippen MR) is 135 cm³/mol. The Hall–Kier alpha value is -2.39. The second-order valence-electron chi connectivity index (χ2n) is 11.9. The number of allylic oxidation sites excluding steroid dienone is 1. The largest absolute Gasteiger partial charge is 0.466 e. The number of hydrogen-bond donors (Lipinski definition) is 4. The van der Waals surface area contributed by atoms with Crippen molar-refractivity contribution in [1.29, 1.82) is 0 Å². The van der Waals surface area contributed by atoms with E-state index in [9.17, 15) is 34.8 Å². The van der Waals surface area contributed by atoms with Gasteiger partial charge in [-0.3, -0.25) is 4.79 Å². The number of ether oxygens (including phenoxy) is 6. The van der Waals surface area contributed by atoms with Crippen LogP contribution in [0.1, 0.15) is 39.5 Å². The molecular formula is C28H38O13. The highest BCUT2D eigenvalue weighted by atomic mass is 16.7. The molecule has 5 rings (SSSR count). The van der Waals surface area contributed by atoms with E-state index < -0.39 is 90.5 Å². The minimum Gasteiger partial charge on any atom is -0.466 e. The maximum Gasteiger partial charge on any atom is 0.340 e. The summed E-state index contributed by atoms with van der Waals surface area (Å²) in [5.74, 6) is -2.80. The lowest BCUT2D eigenvalue weighted by molar-refractivity contribution is -0.328. The zero-order chi connectivity index (χ0) is 29.9. The first-order valence-electron chi connectivity index (χ1n) is 13.8. The van der Waals surface area contributed by atoms with Gasteiger partial charge in [-0.25, -0.2) is 9.59 Å². The highest BCUT2D eigenvalue weighted by Gasteiger charge is 2.66. The normalized spacial score (nSPS) is 46.0. The maximum atomic E-state index is 13.6. The van der Waals surface area contributed by atoms with Gasteiger partial charge in [-0.2, -0.15) is 0 Å². The molecule has 0 aromatic rings. The number of carbonyl (C=O) groups is 3. The summed E-state index contributed by atoms with van der Waals surface area (Å²) in [6, 6.07) is 0. The van der Waals surface area contributed by atoms with Crippen LogP contribution in [0, 0.1) is 22.7 Å². The first kappa shape index (κ1) is 30.1. The Labute approximate surface area is 237 Å². The van der Waals surface area contributed by atoms with E-state index in [2.05, 4.69) is 0 Å². The molecule has 3 heterocycles. The molecule has 1 unspecified atom stereocenters. The fraction of sp³-hybridized carbons (Fsp3) is 0.750. The number of hydrogen-bond acceptors (Lipinski definition) is 13. The third kappa shape index (κ3) is 4.71. The molecule has 2 saturated heterocycles. The van der Waals surface area contributed by atoms with Gasteiger partial charge in [0.2, 0.25) is 6.29 Å². The molecular weight excluding hydrogens is 544 g/mol. The molecule has 2 aliphatic carbocycles. The van der Waals surface area contributed by atoms with Crippen LogP contribution >= 0.6 is 0 Å². The van der Waals surface area contributed by atoms with Crippen LogP contribution in [-0.4, -0.2) is 108 Å². The molecule has 0 aromatic heterocycles. The third-order valence-corrected chi connectivity index (χ3v) is 9.89. The average Bonchev–Trinajstić information content (AvgIpc) is 3.33. The Morgan fingerprint density at radius 3 is 2.46 bits per heavy atom. The van der Waals surface area contributed by atoms with Gasteiger partial charge in [0, 0.05) is 18.1 Å². The van der Waals surface area contributed by atoms with Crippen LogP contribution < -0.4 is 0 Å². The van der Waals surface area contributed by atoms with Crippen molar-refractivity contribution < 1.29 is 63.2 Å². The summed E-state index contributed by atoms with van der Waals surface area (Å²) in [7, 11) is 2.67. The van der Waals surface area contributed by atoms with E-state index >= 15 is 0 Å². The lowest BCUT2D eigenvalue weighted by Gasteiger charge is -2.62. The van der Waals surface area contributed by atoms with Crippen molar-refractivity contribution in [3.05, 3.63) is 23.3 Å². The first-order valence-corrected chi connectivity index (χ1v) is 13.8. The minimum atomic E-state index is -1.67. The Bertz CT molecular complexity index is 1130. The van der Waals surface area contributed by atoms with E-state index in [-0.39, 0.29) is 24.3 Å². The van der Waals surface area contributed by atoms with Crippen LogP contribution in [0.15, 0.2) is 23.3 Å². The smallest absolute Gasteiger partial charge is 0.340 e. The van der Waals surface area contributed by atoms with E-state index in [1.165, 1.54) is 20.3 Å². The molecule has 0 radical (unpaired) electrons. The first-order chi connectivity index (χ1) is 19.4. The van der Waals surface area contributed by atoms with Gasteiger partial charge < -0.3 is 48.8 Å². The second kappa shape index (κ2) is 11.0. The van der Waals surface area contributed by atoms with Crippen LogP contribution in [0.4, 0.5) is 0 Å². The monoisotopic (exact) mass is 582 g/mol. The molecule has 0 bridgehead atoms. The van der Waals surface area contributed by atoms with Crippen molar-refractivity contribution in [1.82, 2.24) is 0 Å². The molecule has 41 heavy (non-hydrogen) atoms. The highest BCUT2D eigenvalue weighted by Crippen LogP contribution is 2.65. The standard InChI is InChI=1S/C28H38O13/c1-27-10-15(12-8-19(36-3)41-23(12)33)38-25(35)14(27)9-18(28(2)13(24(34)37-4)6-5-7-17(27)28)40-26-22(32)21(31)20(30)16(11-29)39-26/h6,8,14-22,26,29-32H,5,7,9-11H2,1-4H3/t14-,15-,16+,17-,18+,19?,20+,21-,22+,26-,27+,28-/m0/s1. The van der Waals surface area contributed by atoms with Gasteiger partial charge in [0.1, 0.15) is 30.5 Å². The summed E-state index contributed by atoms with van der Waals surface area (Å²) in [5.41, 5.74) is -1.27. The molecule has 13 nitrogen and oxygen atoms in total. The lowest BCUT2D eigenvalue weighted by Crippen LogP contribution is -2.65. The van der Waals surface area contributed by atoms with Crippen LogP contribution in [0.25, 0.3) is 0 Å². The van der Waals surface area contributed by atoms with Gasteiger partial charge >= 0.3 is 17.9 Å². The highest BCUT2D eigenvalue weighted by molar-refractivity contribution is 5.93. The molecule has 5 aliphatic rings.